The van der Waals surface area contributed by atoms with E-state index in [1.54, 1.807) is 0 Å². The number of nitrogen functional groups attached to an aromatic ring is 1. The van der Waals surface area contributed by atoms with Crippen LogP contribution in [0.1, 0.15) is 26.7 Å². The van der Waals surface area contributed by atoms with Crippen LogP contribution in [-0.4, -0.2) is 39.1 Å². The summed E-state index contributed by atoms with van der Waals surface area (Å²) in [6.07, 6.45) is 2.48. The third kappa shape index (κ3) is 4.68. The average Bonchev–Trinajstić information content (AvgIpc) is 2.45. The van der Waals surface area contributed by atoms with Gasteiger partial charge in [0.1, 0.15) is 0 Å². The summed E-state index contributed by atoms with van der Waals surface area (Å²) in [6.45, 7) is 4.72. The second-order valence-electron chi connectivity index (χ2n) is 5.01. The van der Waals surface area contributed by atoms with Gasteiger partial charge in [-0.1, -0.05) is 0 Å². The van der Waals surface area contributed by atoms with E-state index in [4.69, 9.17) is 10.6 Å². The zero-order chi connectivity index (χ0) is 14.4. The number of nitrogens with zero attached hydrogens (tertiary/aromatic N) is 3. The Labute approximate surface area is 123 Å². The molecule has 4 N–H and O–H groups in total. The largest absolute Gasteiger partial charge is 0.461 e. The molecule has 1 aliphatic heterocycles. The van der Waals surface area contributed by atoms with Gasteiger partial charge in [-0.05, 0) is 44.1 Å². The number of nitrogens with two attached hydrogens (primary N) is 1. The summed E-state index contributed by atoms with van der Waals surface area (Å²) >= 11 is 2.02. The predicted octanol–water partition coefficient (Wildman–Crippen LogP) is 1.50. The number of rotatable bonds is 6. The van der Waals surface area contributed by atoms with Crippen LogP contribution in [0.15, 0.2) is 0 Å². The molecule has 0 unspecified atom stereocenters. The number of hydrogen-bond acceptors (Lipinski definition) is 8. The molecule has 112 valence electrons. The van der Waals surface area contributed by atoms with Crippen LogP contribution in [0, 0.1) is 5.92 Å². The van der Waals surface area contributed by atoms with Crippen LogP contribution in [0.4, 0.5) is 11.9 Å². The molecule has 2 heterocycles. The number of thioether (sulfide) groups is 1. The Morgan fingerprint density at radius 3 is 2.60 bits per heavy atom. The highest BCUT2D eigenvalue weighted by atomic mass is 32.2. The Balaban J connectivity index is 1.98. The Morgan fingerprint density at radius 1 is 1.25 bits per heavy atom. The molecule has 7 nitrogen and oxygen atoms in total. The fourth-order valence-corrected chi connectivity index (χ4v) is 3.15. The molecule has 0 atom stereocenters. The summed E-state index contributed by atoms with van der Waals surface area (Å²) < 4.78 is 5.49. The lowest BCUT2D eigenvalue weighted by Gasteiger charge is -2.21. The van der Waals surface area contributed by atoms with Crippen molar-refractivity contribution in [2.24, 2.45) is 11.8 Å². The molecule has 8 heteroatoms. The minimum atomic E-state index is 0.00578. The Kier molecular flexibility index (Phi) is 5.66. The molecule has 1 saturated heterocycles. The highest BCUT2D eigenvalue weighted by molar-refractivity contribution is 7.99. The van der Waals surface area contributed by atoms with Crippen LogP contribution >= 0.6 is 11.8 Å². The highest BCUT2D eigenvalue weighted by Gasteiger charge is 2.15. The smallest absolute Gasteiger partial charge is 0.323 e. The van der Waals surface area contributed by atoms with Gasteiger partial charge < -0.3 is 10.1 Å². The first-order chi connectivity index (χ1) is 9.67. The van der Waals surface area contributed by atoms with E-state index < -0.39 is 0 Å². The van der Waals surface area contributed by atoms with E-state index >= 15 is 0 Å². The minimum absolute atomic E-state index is 0.00578. The minimum Gasteiger partial charge on any atom is -0.461 e. The normalized spacial score (nSPS) is 16.2. The molecular weight excluding hydrogens is 276 g/mol. The van der Waals surface area contributed by atoms with Crippen molar-refractivity contribution < 1.29 is 4.74 Å². The van der Waals surface area contributed by atoms with Gasteiger partial charge in [0.05, 0.1) is 6.10 Å². The van der Waals surface area contributed by atoms with Crippen LogP contribution in [0.3, 0.4) is 0 Å². The van der Waals surface area contributed by atoms with Gasteiger partial charge in [-0.2, -0.15) is 26.7 Å². The van der Waals surface area contributed by atoms with Crippen molar-refractivity contribution >= 4 is 23.7 Å². The molecular formula is C12H22N6OS. The maximum atomic E-state index is 5.49. The molecule has 0 spiro atoms. The van der Waals surface area contributed by atoms with Crippen molar-refractivity contribution in [2.45, 2.75) is 32.8 Å². The van der Waals surface area contributed by atoms with Crippen molar-refractivity contribution in [3.8, 4) is 6.01 Å². The molecule has 1 aromatic heterocycles. The monoisotopic (exact) mass is 298 g/mol. The standard InChI is InChI=1S/C12H22N6OS/c1-8(2)19-12-16-10(15-11(17-12)18-13)14-7-9-3-5-20-6-4-9/h8-9H,3-7,13H2,1-2H3,(H2,14,15,16,17,18). The van der Waals surface area contributed by atoms with Crippen molar-refractivity contribution in [2.75, 3.05) is 28.8 Å². The Bertz CT molecular complexity index is 424. The molecule has 0 amide bonds. The topological polar surface area (TPSA) is 98.0 Å². The van der Waals surface area contributed by atoms with E-state index in [1.165, 1.54) is 24.3 Å². The van der Waals surface area contributed by atoms with Crippen LogP contribution in [-0.2, 0) is 0 Å². The van der Waals surface area contributed by atoms with Crippen molar-refractivity contribution in [1.82, 2.24) is 15.0 Å². The van der Waals surface area contributed by atoms with Crippen molar-refractivity contribution in [1.29, 1.82) is 0 Å². The molecule has 0 radical (unpaired) electrons. The lowest BCUT2D eigenvalue weighted by molar-refractivity contribution is 0.222. The van der Waals surface area contributed by atoms with Gasteiger partial charge in [0.15, 0.2) is 0 Å². The Morgan fingerprint density at radius 2 is 1.95 bits per heavy atom. The predicted molar refractivity (Wildman–Crippen MR) is 81.9 cm³/mol. The average molecular weight is 298 g/mol. The van der Waals surface area contributed by atoms with Gasteiger partial charge in [0.2, 0.25) is 11.9 Å². The second-order valence-corrected chi connectivity index (χ2v) is 6.24. The molecule has 0 saturated carbocycles. The SMILES string of the molecule is CC(C)Oc1nc(NN)nc(NCC2CCSCC2)n1. The number of hydrogen-bond donors (Lipinski definition) is 3. The molecule has 20 heavy (non-hydrogen) atoms. The van der Waals surface area contributed by atoms with Crippen molar-refractivity contribution in [3.05, 3.63) is 0 Å². The van der Waals surface area contributed by atoms with Crippen LogP contribution in [0.2, 0.25) is 0 Å². The zero-order valence-corrected chi connectivity index (χ0v) is 12.7. The summed E-state index contributed by atoms with van der Waals surface area (Å²) in [5, 5.41) is 3.26. The maximum absolute atomic E-state index is 5.49. The van der Waals surface area contributed by atoms with E-state index in [-0.39, 0.29) is 12.1 Å². The van der Waals surface area contributed by atoms with Gasteiger partial charge in [0, 0.05) is 6.54 Å². The van der Waals surface area contributed by atoms with E-state index in [1.807, 2.05) is 25.6 Å². The number of ether oxygens (including phenoxy) is 1. The number of hydrazine groups is 1. The third-order valence-electron chi connectivity index (χ3n) is 2.97. The summed E-state index contributed by atoms with van der Waals surface area (Å²) in [4.78, 5) is 12.5. The van der Waals surface area contributed by atoms with E-state index in [2.05, 4.69) is 25.7 Å². The molecule has 0 bridgehead atoms. The molecule has 1 fully saturated rings. The summed E-state index contributed by atoms with van der Waals surface area (Å²) in [6, 6.07) is 0.282. The van der Waals surface area contributed by atoms with Gasteiger partial charge in [-0.15, -0.1) is 0 Å². The first-order valence-corrected chi connectivity index (χ1v) is 8.04. The van der Waals surface area contributed by atoms with Crippen LogP contribution in [0.25, 0.3) is 0 Å². The number of anilines is 2. The van der Waals surface area contributed by atoms with E-state index in [0.717, 1.165) is 6.54 Å². The third-order valence-corrected chi connectivity index (χ3v) is 4.02. The summed E-state index contributed by atoms with van der Waals surface area (Å²) in [5.74, 6) is 9.32. The molecule has 2 rings (SSSR count). The first-order valence-electron chi connectivity index (χ1n) is 6.88. The first kappa shape index (κ1) is 15.1. The van der Waals surface area contributed by atoms with E-state index in [0.29, 0.717) is 17.8 Å². The zero-order valence-electron chi connectivity index (χ0n) is 11.9. The molecule has 0 aliphatic carbocycles. The summed E-state index contributed by atoms with van der Waals surface area (Å²) in [7, 11) is 0. The highest BCUT2D eigenvalue weighted by Crippen LogP contribution is 2.23. The van der Waals surface area contributed by atoms with Crippen LogP contribution < -0.4 is 21.3 Å². The maximum Gasteiger partial charge on any atom is 0.323 e. The second kappa shape index (κ2) is 7.49. The molecule has 0 aromatic carbocycles. The lowest BCUT2D eigenvalue weighted by Crippen LogP contribution is -2.21. The van der Waals surface area contributed by atoms with Gasteiger partial charge in [-0.25, -0.2) is 5.84 Å². The van der Waals surface area contributed by atoms with Gasteiger partial charge in [0.25, 0.3) is 0 Å². The fraction of sp³-hybridized carbons (Fsp3) is 0.750. The fourth-order valence-electron chi connectivity index (χ4n) is 1.95. The van der Waals surface area contributed by atoms with Crippen LogP contribution in [0.5, 0.6) is 6.01 Å². The number of aromatic nitrogens is 3. The lowest BCUT2D eigenvalue weighted by atomic mass is 10.0. The molecule has 1 aliphatic rings. The molecule has 1 aromatic rings. The number of nitrogens with one attached hydrogen (secondary N) is 2. The van der Waals surface area contributed by atoms with E-state index in [9.17, 15) is 0 Å². The van der Waals surface area contributed by atoms with Crippen molar-refractivity contribution in [3.63, 3.8) is 0 Å². The van der Waals surface area contributed by atoms with Gasteiger partial charge in [-0.3, -0.25) is 5.43 Å². The Hall–Kier alpha value is -1.28. The quantitative estimate of drug-likeness (QED) is 0.537. The van der Waals surface area contributed by atoms with Gasteiger partial charge >= 0.3 is 6.01 Å². The summed E-state index contributed by atoms with van der Waals surface area (Å²) in [5.41, 5.74) is 2.43.